The van der Waals surface area contributed by atoms with Crippen molar-refractivity contribution in [2.75, 3.05) is 0 Å². The Hall–Kier alpha value is -2.86. The van der Waals surface area contributed by atoms with Gasteiger partial charge in [0.2, 0.25) is 0 Å². The smallest absolute Gasteiger partial charge is 0.0210 e. The molecule has 0 saturated carbocycles. The zero-order valence-electron chi connectivity index (χ0n) is 16.2. The fourth-order valence-corrected chi connectivity index (χ4v) is 4.49. The summed E-state index contributed by atoms with van der Waals surface area (Å²) in [4.78, 5) is 0. The van der Waals surface area contributed by atoms with Crippen molar-refractivity contribution in [3.8, 4) is 0 Å². The van der Waals surface area contributed by atoms with E-state index in [1.54, 1.807) is 0 Å². The van der Waals surface area contributed by atoms with Crippen molar-refractivity contribution in [1.82, 2.24) is 0 Å². The standard InChI is InChI=1S/C27H26/c1-3-27(4-2)25(19-21-13-7-5-8-14-21)23-17-11-12-18-24(23)26(27)20-22-15-9-6-10-16-22/h5-20H,3-4H2,1-2H3. The van der Waals surface area contributed by atoms with Gasteiger partial charge in [0.25, 0.3) is 0 Å². The molecule has 0 unspecified atom stereocenters. The number of allylic oxidation sites excluding steroid dienone is 2. The summed E-state index contributed by atoms with van der Waals surface area (Å²) in [5.74, 6) is 0. The van der Waals surface area contributed by atoms with Crippen LogP contribution >= 0.6 is 0 Å². The van der Waals surface area contributed by atoms with Crippen LogP contribution in [0.2, 0.25) is 0 Å². The zero-order chi connectivity index (χ0) is 18.7. The van der Waals surface area contributed by atoms with Crippen LogP contribution in [0, 0.1) is 5.41 Å². The van der Waals surface area contributed by atoms with E-state index in [-0.39, 0.29) is 5.41 Å². The summed E-state index contributed by atoms with van der Waals surface area (Å²) < 4.78 is 0. The van der Waals surface area contributed by atoms with Crippen molar-refractivity contribution >= 4 is 23.3 Å². The molecule has 0 radical (unpaired) electrons. The molecule has 0 N–H and O–H groups in total. The quantitative estimate of drug-likeness (QED) is 0.455. The van der Waals surface area contributed by atoms with Gasteiger partial charge in [0.05, 0.1) is 0 Å². The van der Waals surface area contributed by atoms with Gasteiger partial charge in [-0.3, -0.25) is 0 Å². The number of fused-ring (bicyclic) bond motifs is 1. The highest BCUT2D eigenvalue weighted by Crippen LogP contribution is 2.59. The van der Waals surface area contributed by atoms with E-state index in [4.69, 9.17) is 0 Å². The van der Waals surface area contributed by atoms with Gasteiger partial charge in [0.15, 0.2) is 0 Å². The molecule has 3 aromatic carbocycles. The molecule has 0 amide bonds. The molecular weight excluding hydrogens is 324 g/mol. The lowest BCUT2D eigenvalue weighted by Crippen LogP contribution is -2.17. The van der Waals surface area contributed by atoms with Gasteiger partial charge in [-0.05, 0) is 46.2 Å². The first-order valence-corrected chi connectivity index (χ1v) is 9.92. The zero-order valence-corrected chi connectivity index (χ0v) is 16.2. The predicted molar refractivity (Wildman–Crippen MR) is 118 cm³/mol. The molecule has 27 heavy (non-hydrogen) atoms. The minimum absolute atomic E-state index is 0.0510. The molecule has 0 atom stereocenters. The molecule has 0 saturated heterocycles. The predicted octanol–water partition coefficient (Wildman–Crippen LogP) is 7.59. The Morgan fingerprint density at radius 2 is 0.926 bits per heavy atom. The Morgan fingerprint density at radius 1 is 0.556 bits per heavy atom. The van der Waals surface area contributed by atoms with Gasteiger partial charge in [0, 0.05) is 5.41 Å². The topological polar surface area (TPSA) is 0 Å². The molecule has 0 spiro atoms. The highest BCUT2D eigenvalue weighted by Gasteiger charge is 2.42. The summed E-state index contributed by atoms with van der Waals surface area (Å²) in [6, 6.07) is 30.3. The van der Waals surface area contributed by atoms with E-state index < -0.39 is 0 Å². The van der Waals surface area contributed by atoms with Gasteiger partial charge < -0.3 is 0 Å². The number of rotatable bonds is 4. The molecule has 0 heterocycles. The van der Waals surface area contributed by atoms with E-state index in [2.05, 4.69) is 111 Å². The third-order valence-corrected chi connectivity index (χ3v) is 5.97. The third-order valence-electron chi connectivity index (χ3n) is 5.97. The monoisotopic (exact) mass is 350 g/mol. The first-order chi connectivity index (χ1) is 13.3. The van der Waals surface area contributed by atoms with Gasteiger partial charge in [-0.25, -0.2) is 0 Å². The van der Waals surface area contributed by atoms with Crippen LogP contribution in [0.1, 0.15) is 48.9 Å². The lowest BCUT2D eigenvalue weighted by atomic mass is 9.72. The lowest BCUT2D eigenvalue weighted by molar-refractivity contribution is 0.506. The highest BCUT2D eigenvalue weighted by atomic mass is 14.5. The molecule has 3 aromatic rings. The minimum Gasteiger partial charge on any atom is -0.0642 e. The van der Waals surface area contributed by atoms with Gasteiger partial charge >= 0.3 is 0 Å². The van der Waals surface area contributed by atoms with E-state index in [1.165, 1.54) is 33.4 Å². The first-order valence-electron chi connectivity index (χ1n) is 9.92. The van der Waals surface area contributed by atoms with Gasteiger partial charge in [0.1, 0.15) is 0 Å². The Kier molecular flexibility index (Phi) is 4.81. The van der Waals surface area contributed by atoms with Crippen LogP contribution in [-0.2, 0) is 0 Å². The number of hydrogen-bond donors (Lipinski definition) is 0. The maximum absolute atomic E-state index is 2.40. The Labute approximate surface area is 162 Å². The van der Waals surface area contributed by atoms with Crippen LogP contribution in [0.25, 0.3) is 23.3 Å². The number of benzene rings is 3. The average molecular weight is 351 g/mol. The largest absolute Gasteiger partial charge is 0.0642 e. The molecule has 0 nitrogen and oxygen atoms in total. The van der Waals surface area contributed by atoms with Crippen molar-refractivity contribution in [3.05, 3.63) is 107 Å². The molecule has 0 aromatic heterocycles. The second-order valence-corrected chi connectivity index (χ2v) is 7.27. The van der Waals surface area contributed by atoms with E-state index in [9.17, 15) is 0 Å². The molecule has 0 bridgehead atoms. The molecule has 4 rings (SSSR count). The van der Waals surface area contributed by atoms with Gasteiger partial charge in [-0.15, -0.1) is 0 Å². The van der Waals surface area contributed by atoms with E-state index in [0.29, 0.717) is 0 Å². The second kappa shape index (κ2) is 7.40. The molecule has 134 valence electrons. The summed E-state index contributed by atoms with van der Waals surface area (Å²) in [5, 5.41) is 0. The van der Waals surface area contributed by atoms with Crippen LogP contribution in [0.4, 0.5) is 0 Å². The van der Waals surface area contributed by atoms with Crippen LogP contribution in [0.3, 0.4) is 0 Å². The van der Waals surface area contributed by atoms with Crippen molar-refractivity contribution in [2.45, 2.75) is 26.7 Å². The van der Waals surface area contributed by atoms with Crippen LogP contribution in [0.5, 0.6) is 0 Å². The first kappa shape index (κ1) is 17.5. The van der Waals surface area contributed by atoms with E-state index in [1.807, 2.05) is 0 Å². The fourth-order valence-electron chi connectivity index (χ4n) is 4.49. The normalized spacial score (nSPS) is 18.0. The molecule has 0 aliphatic heterocycles. The average Bonchev–Trinajstić information content (AvgIpc) is 2.99. The van der Waals surface area contributed by atoms with Crippen molar-refractivity contribution in [1.29, 1.82) is 0 Å². The Balaban J connectivity index is 1.97. The Morgan fingerprint density at radius 3 is 1.30 bits per heavy atom. The second-order valence-electron chi connectivity index (χ2n) is 7.27. The minimum atomic E-state index is 0.0510. The molecular formula is C27H26. The van der Waals surface area contributed by atoms with Crippen molar-refractivity contribution in [3.63, 3.8) is 0 Å². The molecule has 1 aliphatic carbocycles. The highest BCUT2D eigenvalue weighted by molar-refractivity contribution is 6.07. The van der Waals surface area contributed by atoms with E-state index in [0.717, 1.165) is 12.8 Å². The third kappa shape index (κ3) is 3.06. The molecule has 1 aliphatic rings. The van der Waals surface area contributed by atoms with Crippen molar-refractivity contribution < 1.29 is 0 Å². The Bertz CT molecular complexity index is 892. The van der Waals surface area contributed by atoms with Crippen molar-refractivity contribution in [2.24, 2.45) is 5.41 Å². The summed E-state index contributed by atoms with van der Waals surface area (Å²) in [5.41, 5.74) is 8.27. The summed E-state index contributed by atoms with van der Waals surface area (Å²) in [7, 11) is 0. The summed E-state index contributed by atoms with van der Waals surface area (Å²) in [6.45, 7) is 4.65. The van der Waals surface area contributed by atoms with Crippen LogP contribution < -0.4 is 0 Å². The molecule has 0 fully saturated rings. The number of hydrogen-bond acceptors (Lipinski definition) is 0. The summed E-state index contributed by atoms with van der Waals surface area (Å²) in [6.07, 6.45) is 6.99. The van der Waals surface area contributed by atoms with Gasteiger partial charge in [-0.2, -0.15) is 0 Å². The lowest BCUT2D eigenvalue weighted by Gasteiger charge is -2.31. The fraction of sp³-hybridized carbons (Fsp3) is 0.185. The van der Waals surface area contributed by atoms with Crippen LogP contribution in [0.15, 0.2) is 84.9 Å². The summed E-state index contributed by atoms with van der Waals surface area (Å²) >= 11 is 0. The molecule has 0 heteroatoms. The van der Waals surface area contributed by atoms with Gasteiger partial charge in [-0.1, -0.05) is 111 Å². The SMILES string of the molecule is CCC1(CC)C(=Cc2ccccc2)c2ccccc2C1=Cc1ccccc1. The maximum atomic E-state index is 2.40. The maximum Gasteiger partial charge on any atom is 0.0210 e. The van der Waals surface area contributed by atoms with Crippen LogP contribution in [-0.4, -0.2) is 0 Å². The van der Waals surface area contributed by atoms with E-state index >= 15 is 0 Å².